The minimum atomic E-state index is -0.324. The monoisotopic (exact) mass is 430 g/mol. The van der Waals surface area contributed by atoms with Crippen molar-refractivity contribution in [2.75, 3.05) is 26.4 Å². The van der Waals surface area contributed by atoms with E-state index >= 15 is 0 Å². The molecule has 0 aliphatic heterocycles. The van der Waals surface area contributed by atoms with E-state index in [9.17, 15) is 9.18 Å². The Morgan fingerprint density at radius 1 is 1.13 bits per heavy atom. The van der Waals surface area contributed by atoms with Gasteiger partial charge in [-0.25, -0.2) is 4.98 Å². The van der Waals surface area contributed by atoms with Crippen LogP contribution in [0.15, 0.2) is 42.6 Å². The highest BCUT2D eigenvalue weighted by molar-refractivity contribution is 6.30. The first-order valence-corrected chi connectivity index (χ1v) is 10.7. The number of nitrogens with zero attached hydrogens (tertiary/aromatic N) is 3. The number of hydrogen-bond donors (Lipinski definition) is 0. The van der Waals surface area contributed by atoms with E-state index in [-0.39, 0.29) is 19.0 Å². The van der Waals surface area contributed by atoms with Crippen LogP contribution in [-0.4, -0.2) is 46.6 Å². The normalized spacial score (nSPS) is 11.1. The second-order valence-corrected chi connectivity index (χ2v) is 7.43. The van der Waals surface area contributed by atoms with Gasteiger partial charge >= 0.3 is 0 Å². The van der Waals surface area contributed by atoms with E-state index in [4.69, 9.17) is 21.3 Å². The smallest absolute Gasteiger partial charge is 0.228 e. The van der Waals surface area contributed by atoms with Gasteiger partial charge < -0.3 is 14.0 Å². The van der Waals surface area contributed by atoms with E-state index in [2.05, 4.69) is 0 Å². The number of fused-ring (bicyclic) bond motifs is 1. The molecule has 0 saturated heterocycles. The van der Waals surface area contributed by atoms with E-state index in [0.29, 0.717) is 37.6 Å². The Morgan fingerprint density at radius 2 is 1.87 bits per heavy atom. The van der Waals surface area contributed by atoms with E-state index in [1.165, 1.54) is 0 Å². The third-order valence-electron chi connectivity index (χ3n) is 5.04. The Balaban J connectivity index is 1.92. The summed E-state index contributed by atoms with van der Waals surface area (Å²) in [5.41, 5.74) is 3.19. The molecule has 160 valence electrons. The Labute approximate surface area is 181 Å². The molecule has 5 nitrogen and oxygen atoms in total. The largest absolute Gasteiger partial charge is 0.494 e. The second kappa shape index (κ2) is 10.4. The fourth-order valence-corrected chi connectivity index (χ4v) is 3.56. The summed E-state index contributed by atoms with van der Waals surface area (Å²) in [6, 6.07) is 11.2. The molecule has 7 heteroatoms. The third-order valence-corrected chi connectivity index (χ3v) is 5.26. The highest BCUT2D eigenvalue weighted by Crippen LogP contribution is 2.28. The van der Waals surface area contributed by atoms with Crippen molar-refractivity contribution in [1.29, 1.82) is 0 Å². The molecule has 1 amide bonds. The zero-order valence-electron chi connectivity index (χ0n) is 17.4. The van der Waals surface area contributed by atoms with Crippen molar-refractivity contribution in [1.82, 2.24) is 14.3 Å². The molecule has 0 N–H and O–H groups in total. The Hall–Kier alpha value is -2.60. The predicted octanol–water partition coefficient (Wildman–Crippen LogP) is 5.19. The molecule has 2 heterocycles. The lowest BCUT2D eigenvalue weighted by Gasteiger charge is -2.18. The maximum atomic E-state index is 12.8. The number of amides is 1. The molecular weight excluding hydrogens is 404 g/mol. The molecule has 0 aliphatic carbocycles. The number of hydrogen-bond acceptors (Lipinski definition) is 3. The summed E-state index contributed by atoms with van der Waals surface area (Å²) in [5.74, 6) is 0.779. The minimum absolute atomic E-state index is 0.0517. The van der Waals surface area contributed by atoms with Crippen LogP contribution in [0.1, 0.15) is 32.4 Å². The van der Waals surface area contributed by atoms with Crippen molar-refractivity contribution in [3.8, 4) is 17.0 Å². The van der Waals surface area contributed by atoms with Crippen molar-refractivity contribution in [3.05, 3.63) is 53.3 Å². The van der Waals surface area contributed by atoms with Crippen LogP contribution in [0.3, 0.4) is 0 Å². The number of aromatic nitrogens is 2. The molecular formula is C23H27ClFN3O2. The molecule has 1 aromatic carbocycles. The van der Waals surface area contributed by atoms with Gasteiger partial charge in [-0.05, 0) is 63.1 Å². The SMILES string of the molecule is CCN(CC)C(=O)Cc1c(-c2ccc(OCCCC[18F])cc2)nc2ccc(Cl)cn12. The third kappa shape index (κ3) is 5.11. The number of imidazole rings is 1. The van der Waals surface area contributed by atoms with Crippen molar-refractivity contribution in [2.45, 2.75) is 33.1 Å². The van der Waals surface area contributed by atoms with Crippen LogP contribution >= 0.6 is 11.6 Å². The van der Waals surface area contributed by atoms with Gasteiger partial charge in [-0.15, -0.1) is 0 Å². The van der Waals surface area contributed by atoms with Crippen LogP contribution in [0.4, 0.5) is 4.39 Å². The summed E-state index contributed by atoms with van der Waals surface area (Å²) in [7, 11) is 0. The van der Waals surface area contributed by atoms with E-state index in [1.807, 2.05) is 53.5 Å². The van der Waals surface area contributed by atoms with E-state index in [1.54, 1.807) is 12.3 Å². The zero-order chi connectivity index (χ0) is 21.5. The van der Waals surface area contributed by atoms with Crippen molar-refractivity contribution < 1.29 is 13.9 Å². The van der Waals surface area contributed by atoms with Crippen LogP contribution in [-0.2, 0) is 11.2 Å². The highest BCUT2D eigenvalue weighted by Gasteiger charge is 2.20. The van der Waals surface area contributed by atoms with Crippen molar-refractivity contribution >= 4 is 23.2 Å². The zero-order valence-corrected chi connectivity index (χ0v) is 18.2. The molecule has 0 atom stereocenters. The number of benzene rings is 1. The van der Waals surface area contributed by atoms with Gasteiger partial charge in [-0.1, -0.05) is 11.6 Å². The molecule has 0 spiro atoms. The van der Waals surface area contributed by atoms with Gasteiger partial charge in [0.1, 0.15) is 11.4 Å². The van der Waals surface area contributed by atoms with Crippen LogP contribution in [0, 0.1) is 0 Å². The maximum absolute atomic E-state index is 12.8. The molecule has 0 aliphatic rings. The standard InChI is InChI=1S/C23H27ClFN3O2/c1-3-27(4-2)22(29)15-20-23(26-21-12-9-18(24)16-28(20)21)17-7-10-19(11-8-17)30-14-6-5-13-25/h7-12,16H,3-6,13-15H2,1-2H3/i25-1. The molecule has 2 aromatic heterocycles. The summed E-state index contributed by atoms with van der Waals surface area (Å²) >= 11 is 6.21. The van der Waals surface area contributed by atoms with Gasteiger partial charge in [0.2, 0.25) is 5.91 Å². The van der Waals surface area contributed by atoms with Gasteiger partial charge in [0, 0.05) is 24.8 Å². The van der Waals surface area contributed by atoms with Crippen LogP contribution < -0.4 is 4.74 Å². The molecule has 0 fully saturated rings. The van der Waals surface area contributed by atoms with Crippen LogP contribution in [0.25, 0.3) is 16.9 Å². The summed E-state index contributed by atoms with van der Waals surface area (Å²) in [4.78, 5) is 19.4. The first-order chi connectivity index (χ1) is 14.6. The summed E-state index contributed by atoms with van der Waals surface area (Å²) in [6.07, 6.45) is 3.22. The number of alkyl halides is 1. The average Bonchev–Trinajstić information content (AvgIpc) is 3.10. The Bertz CT molecular complexity index is 984. The van der Waals surface area contributed by atoms with Gasteiger partial charge in [0.15, 0.2) is 0 Å². The Kier molecular flexibility index (Phi) is 7.69. The lowest BCUT2D eigenvalue weighted by molar-refractivity contribution is -0.130. The number of rotatable bonds is 10. The summed E-state index contributed by atoms with van der Waals surface area (Å²) in [6.45, 7) is 5.43. The number of carbonyl (C=O) groups excluding carboxylic acids is 1. The first kappa shape index (κ1) is 22.1. The fourth-order valence-electron chi connectivity index (χ4n) is 3.39. The molecule has 30 heavy (non-hydrogen) atoms. The molecule has 0 radical (unpaired) electrons. The fraction of sp³-hybridized carbons (Fsp3) is 0.391. The topological polar surface area (TPSA) is 46.8 Å². The molecule has 0 saturated carbocycles. The van der Waals surface area contributed by atoms with Gasteiger partial charge in [0.25, 0.3) is 0 Å². The Morgan fingerprint density at radius 3 is 2.53 bits per heavy atom. The highest BCUT2D eigenvalue weighted by atomic mass is 35.5. The molecule has 0 bridgehead atoms. The van der Waals surface area contributed by atoms with E-state index in [0.717, 1.165) is 28.3 Å². The van der Waals surface area contributed by atoms with Gasteiger partial charge in [-0.2, -0.15) is 0 Å². The summed E-state index contributed by atoms with van der Waals surface area (Å²) in [5, 5.41) is 0.583. The van der Waals surface area contributed by atoms with Gasteiger partial charge in [-0.3, -0.25) is 9.18 Å². The number of unbranched alkanes of at least 4 members (excludes halogenated alkanes) is 1. The lowest BCUT2D eigenvalue weighted by atomic mass is 10.1. The number of pyridine rings is 1. The maximum Gasteiger partial charge on any atom is 0.228 e. The quantitative estimate of drug-likeness (QED) is 0.415. The predicted molar refractivity (Wildman–Crippen MR) is 118 cm³/mol. The van der Waals surface area contributed by atoms with E-state index < -0.39 is 0 Å². The molecule has 3 rings (SSSR count). The molecule has 0 unspecified atom stereocenters. The summed E-state index contributed by atoms with van der Waals surface area (Å²) < 4.78 is 19.7. The first-order valence-electron chi connectivity index (χ1n) is 10.3. The molecule has 3 aromatic rings. The van der Waals surface area contributed by atoms with Crippen molar-refractivity contribution in [2.24, 2.45) is 0 Å². The second-order valence-electron chi connectivity index (χ2n) is 6.99. The number of likely N-dealkylation sites (N-methyl/N-ethyl adjacent to an activating group) is 1. The van der Waals surface area contributed by atoms with Crippen molar-refractivity contribution in [3.63, 3.8) is 0 Å². The number of halogens is 2. The lowest BCUT2D eigenvalue weighted by Crippen LogP contribution is -2.32. The minimum Gasteiger partial charge on any atom is -0.494 e. The average molecular weight is 431 g/mol. The number of ether oxygens (including phenoxy) is 1. The van der Waals surface area contributed by atoms with Gasteiger partial charge in [0.05, 0.1) is 36.1 Å². The number of carbonyl (C=O) groups is 1. The van der Waals surface area contributed by atoms with Crippen LogP contribution in [0.2, 0.25) is 5.02 Å². The van der Waals surface area contributed by atoms with Crippen LogP contribution in [0.5, 0.6) is 5.75 Å².